The molecule has 3 aromatic rings. The number of alkyl halides is 1. The van der Waals surface area contributed by atoms with E-state index in [2.05, 4.69) is 4.90 Å². The number of fused-ring (bicyclic) bond motifs is 1. The molecule has 1 fully saturated rings. The molecule has 1 heterocycles. The van der Waals surface area contributed by atoms with Gasteiger partial charge in [-0.05, 0) is 83.6 Å². The zero-order valence-electron chi connectivity index (χ0n) is 21.4. The second-order valence-electron chi connectivity index (χ2n) is 10.2. The van der Waals surface area contributed by atoms with Crippen LogP contribution in [0.15, 0.2) is 54.6 Å². The molecule has 0 radical (unpaired) electrons. The van der Waals surface area contributed by atoms with E-state index in [4.69, 9.17) is 0 Å². The highest BCUT2D eigenvalue weighted by Crippen LogP contribution is 2.42. The van der Waals surface area contributed by atoms with Crippen molar-refractivity contribution in [3.63, 3.8) is 0 Å². The fourth-order valence-electron chi connectivity index (χ4n) is 5.74. The summed E-state index contributed by atoms with van der Waals surface area (Å²) >= 11 is 0. The van der Waals surface area contributed by atoms with E-state index >= 15 is 8.78 Å². The van der Waals surface area contributed by atoms with Gasteiger partial charge in [0, 0.05) is 31.8 Å². The Hall–Kier alpha value is -3.16. The summed E-state index contributed by atoms with van der Waals surface area (Å²) in [6.45, 7) is 2.37. The SMILES string of the molecule is Cl.O=C(O)c1ccc2c(c1)CCCC(c1c(F)cc(F)cc1F)=C2c1ccc(CC2CN(CCCF)C2)cc1. The van der Waals surface area contributed by atoms with Gasteiger partial charge in [0.25, 0.3) is 0 Å². The molecular formula is C31H30ClF4NO2. The van der Waals surface area contributed by atoms with Crippen LogP contribution >= 0.6 is 12.4 Å². The number of rotatable bonds is 8. The van der Waals surface area contributed by atoms with Crippen LogP contribution in [0.2, 0.25) is 0 Å². The van der Waals surface area contributed by atoms with Crippen molar-refractivity contribution < 1.29 is 27.5 Å². The zero-order chi connectivity index (χ0) is 26.8. The molecule has 39 heavy (non-hydrogen) atoms. The fourth-order valence-corrected chi connectivity index (χ4v) is 5.74. The van der Waals surface area contributed by atoms with Crippen LogP contribution in [0.5, 0.6) is 0 Å². The number of hydrogen-bond donors (Lipinski definition) is 1. The van der Waals surface area contributed by atoms with Crippen molar-refractivity contribution in [3.8, 4) is 0 Å². The van der Waals surface area contributed by atoms with Gasteiger partial charge in [-0.25, -0.2) is 18.0 Å². The Balaban J connectivity index is 0.00000353. The predicted octanol–water partition coefficient (Wildman–Crippen LogP) is 7.35. The molecule has 0 spiro atoms. The summed E-state index contributed by atoms with van der Waals surface area (Å²) in [6.07, 6.45) is 2.91. The van der Waals surface area contributed by atoms with E-state index in [0.717, 1.165) is 48.3 Å². The molecule has 206 valence electrons. The Morgan fingerprint density at radius 2 is 1.64 bits per heavy atom. The van der Waals surface area contributed by atoms with Crippen molar-refractivity contribution in [3.05, 3.63) is 105 Å². The van der Waals surface area contributed by atoms with Crippen molar-refractivity contribution in [2.45, 2.75) is 32.1 Å². The van der Waals surface area contributed by atoms with E-state index in [1.165, 1.54) is 6.07 Å². The monoisotopic (exact) mass is 559 g/mol. The van der Waals surface area contributed by atoms with Gasteiger partial charge < -0.3 is 10.0 Å². The summed E-state index contributed by atoms with van der Waals surface area (Å²) in [5.74, 6) is -3.43. The quantitative estimate of drug-likeness (QED) is 0.293. The lowest BCUT2D eigenvalue weighted by Gasteiger charge is -2.39. The molecule has 0 unspecified atom stereocenters. The molecule has 0 bridgehead atoms. The smallest absolute Gasteiger partial charge is 0.335 e. The van der Waals surface area contributed by atoms with Gasteiger partial charge in [-0.2, -0.15) is 0 Å². The van der Waals surface area contributed by atoms with Crippen LogP contribution in [0, 0.1) is 23.4 Å². The number of aromatic carboxylic acids is 1. The highest BCUT2D eigenvalue weighted by atomic mass is 35.5. The molecule has 0 saturated carbocycles. The van der Waals surface area contributed by atoms with Crippen LogP contribution in [-0.4, -0.2) is 42.3 Å². The van der Waals surface area contributed by atoms with Crippen LogP contribution in [-0.2, 0) is 12.8 Å². The molecule has 1 N–H and O–H groups in total. The van der Waals surface area contributed by atoms with Gasteiger partial charge in [0.15, 0.2) is 0 Å². The van der Waals surface area contributed by atoms with E-state index in [1.807, 2.05) is 24.3 Å². The minimum absolute atomic E-state index is 0. The molecule has 8 heteroatoms. The first-order valence-corrected chi connectivity index (χ1v) is 13.0. The topological polar surface area (TPSA) is 40.5 Å². The third kappa shape index (κ3) is 6.20. The van der Waals surface area contributed by atoms with Gasteiger partial charge in [-0.15, -0.1) is 12.4 Å². The number of carbonyl (C=O) groups is 1. The maximum Gasteiger partial charge on any atom is 0.335 e. The van der Waals surface area contributed by atoms with Gasteiger partial charge >= 0.3 is 5.97 Å². The summed E-state index contributed by atoms with van der Waals surface area (Å²) in [4.78, 5) is 13.8. The maximum absolute atomic E-state index is 15.0. The second-order valence-corrected chi connectivity index (χ2v) is 10.2. The number of carboxylic acids is 1. The number of benzene rings is 3. The van der Waals surface area contributed by atoms with Crippen LogP contribution in [0.4, 0.5) is 17.6 Å². The first-order valence-electron chi connectivity index (χ1n) is 13.0. The molecule has 1 saturated heterocycles. The van der Waals surface area contributed by atoms with Crippen LogP contribution in [0.3, 0.4) is 0 Å². The van der Waals surface area contributed by atoms with Crippen LogP contribution in [0.1, 0.15) is 57.4 Å². The molecule has 3 nitrogen and oxygen atoms in total. The van der Waals surface area contributed by atoms with E-state index < -0.39 is 23.4 Å². The molecule has 1 aliphatic heterocycles. The van der Waals surface area contributed by atoms with Crippen molar-refractivity contribution in [2.75, 3.05) is 26.3 Å². The lowest BCUT2D eigenvalue weighted by Crippen LogP contribution is -2.47. The van der Waals surface area contributed by atoms with Crippen molar-refractivity contribution in [1.29, 1.82) is 0 Å². The molecule has 0 amide bonds. The van der Waals surface area contributed by atoms with E-state index in [1.54, 1.807) is 12.1 Å². The Bertz CT molecular complexity index is 1360. The summed E-state index contributed by atoms with van der Waals surface area (Å²) in [5, 5.41) is 9.49. The Morgan fingerprint density at radius 1 is 0.949 bits per heavy atom. The number of hydrogen-bond acceptors (Lipinski definition) is 2. The van der Waals surface area contributed by atoms with E-state index in [-0.39, 0.29) is 30.2 Å². The standard InChI is InChI=1S/C31H29F4NO2.ClH/c32-11-2-12-36-17-20(18-36)13-19-5-7-21(8-6-19)29-25-10-9-23(31(37)38)14-22(25)3-1-4-26(29)30-27(34)15-24(33)16-28(30)35;/h5-10,14-16,20H,1-4,11-13,17-18H2,(H,37,38);1H. The summed E-state index contributed by atoms with van der Waals surface area (Å²) < 4.78 is 56.2. The number of aryl methyl sites for hydroxylation is 1. The van der Waals surface area contributed by atoms with Crippen LogP contribution < -0.4 is 0 Å². The fraction of sp³-hybridized carbons (Fsp3) is 0.323. The van der Waals surface area contributed by atoms with Crippen molar-refractivity contribution in [1.82, 2.24) is 4.90 Å². The van der Waals surface area contributed by atoms with Crippen molar-refractivity contribution in [2.24, 2.45) is 5.92 Å². The van der Waals surface area contributed by atoms with Gasteiger partial charge in [-0.3, -0.25) is 4.39 Å². The highest BCUT2D eigenvalue weighted by Gasteiger charge is 2.27. The largest absolute Gasteiger partial charge is 0.478 e. The third-order valence-electron chi connectivity index (χ3n) is 7.51. The Morgan fingerprint density at radius 3 is 2.28 bits per heavy atom. The minimum atomic E-state index is -1.04. The van der Waals surface area contributed by atoms with Gasteiger partial charge in [0.2, 0.25) is 0 Å². The number of allylic oxidation sites excluding steroid dienone is 1. The Kier molecular flexibility index (Phi) is 9.13. The van der Waals surface area contributed by atoms with Crippen LogP contribution in [0.25, 0.3) is 11.1 Å². The molecule has 3 aromatic carbocycles. The maximum atomic E-state index is 15.0. The summed E-state index contributed by atoms with van der Waals surface area (Å²) in [7, 11) is 0. The molecule has 2 aliphatic rings. The first kappa shape index (κ1) is 28.8. The number of carboxylic acid groups (broad SMARTS) is 1. The normalized spacial score (nSPS) is 15.8. The predicted molar refractivity (Wildman–Crippen MR) is 146 cm³/mol. The number of likely N-dealkylation sites (tertiary alicyclic amines) is 1. The van der Waals surface area contributed by atoms with Gasteiger partial charge in [0.1, 0.15) is 17.5 Å². The third-order valence-corrected chi connectivity index (χ3v) is 7.51. The number of nitrogens with zero attached hydrogens (tertiary/aromatic N) is 1. The van der Waals surface area contributed by atoms with Crippen molar-refractivity contribution >= 4 is 29.5 Å². The zero-order valence-corrected chi connectivity index (χ0v) is 22.2. The number of halogens is 5. The second kappa shape index (κ2) is 12.3. The van der Waals surface area contributed by atoms with Gasteiger partial charge in [0.05, 0.1) is 17.8 Å². The molecule has 0 atom stereocenters. The minimum Gasteiger partial charge on any atom is -0.478 e. The lowest BCUT2D eigenvalue weighted by molar-refractivity contribution is 0.0696. The van der Waals surface area contributed by atoms with Gasteiger partial charge in [-0.1, -0.05) is 30.3 Å². The molecule has 1 aliphatic carbocycles. The molecule has 5 rings (SSSR count). The van der Waals surface area contributed by atoms with E-state index in [9.17, 15) is 18.7 Å². The lowest BCUT2D eigenvalue weighted by atomic mass is 9.86. The first-order chi connectivity index (χ1) is 18.3. The van der Waals surface area contributed by atoms with E-state index in [0.29, 0.717) is 54.9 Å². The summed E-state index contributed by atoms with van der Waals surface area (Å²) in [5.41, 5.74) is 4.40. The highest BCUT2D eigenvalue weighted by molar-refractivity contribution is 6.00. The molecule has 0 aromatic heterocycles. The Labute approximate surface area is 231 Å². The average Bonchev–Trinajstić information content (AvgIpc) is 3.04. The summed E-state index contributed by atoms with van der Waals surface area (Å²) in [6, 6.07) is 14.1. The molecular weight excluding hydrogens is 530 g/mol. The average molecular weight is 560 g/mol.